The minimum atomic E-state index is -0.486. The first kappa shape index (κ1) is 33.7. The van der Waals surface area contributed by atoms with Crippen molar-refractivity contribution in [3.8, 4) is 33.4 Å². The number of carbonyl (C=O) groups is 2. The van der Waals surface area contributed by atoms with Crippen molar-refractivity contribution < 1.29 is 19.1 Å². The third-order valence-electron chi connectivity index (χ3n) is 10.2. The van der Waals surface area contributed by atoms with Gasteiger partial charge in [0.2, 0.25) is 0 Å². The van der Waals surface area contributed by atoms with Gasteiger partial charge in [-0.2, -0.15) is 0 Å². The molecule has 0 aliphatic heterocycles. The monoisotopic (exact) mass is 670 g/mol. The molecule has 1 aliphatic rings. The molecule has 6 aromatic carbocycles. The molecule has 0 amide bonds. The smallest absolute Gasteiger partial charge is 0.333 e. The predicted molar refractivity (Wildman–Crippen MR) is 209 cm³/mol. The molecule has 7 rings (SSSR count). The van der Waals surface area contributed by atoms with Gasteiger partial charge in [0.25, 0.3) is 0 Å². The van der Waals surface area contributed by atoms with E-state index in [2.05, 4.69) is 134 Å². The topological polar surface area (TPSA) is 52.6 Å². The average molecular weight is 671 g/mol. The third kappa shape index (κ3) is 6.50. The van der Waals surface area contributed by atoms with E-state index in [4.69, 9.17) is 9.47 Å². The quantitative estimate of drug-likeness (QED) is 0.0739. The van der Waals surface area contributed by atoms with Crippen LogP contribution >= 0.6 is 0 Å². The Morgan fingerprint density at radius 1 is 0.510 bits per heavy atom. The molecular weight excluding hydrogens is 629 g/mol. The van der Waals surface area contributed by atoms with Gasteiger partial charge in [0.05, 0.1) is 13.2 Å². The Morgan fingerprint density at radius 3 is 1.31 bits per heavy atom. The van der Waals surface area contributed by atoms with Crippen molar-refractivity contribution in [2.24, 2.45) is 0 Å². The lowest BCUT2D eigenvalue weighted by molar-refractivity contribution is -0.139. The van der Waals surface area contributed by atoms with Gasteiger partial charge in [0, 0.05) is 16.6 Å². The lowest BCUT2D eigenvalue weighted by Crippen LogP contribution is -2.28. The molecule has 0 radical (unpaired) electrons. The first-order valence-corrected chi connectivity index (χ1v) is 17.7. The van der Waals surface area contributed by atoms with Crippen molar-refractivity contribution in [3.63, 3.8) is 0 Å². The van der Waals surface area contributed by atoms with Crippen molar-refractivity contribution in [2.45, 2.75) is 44.9 Å². The van der Waals surface area contributed by atoms with E-state index >= 15 is 0 Å². The van der Waals surface area contributed by atoms with Crippen molar-refractivity contribution in [1.29, 1.82) is 0 Å². The molecule has 6 aromatic rings. The summed E-state index contributed by atoms with van der Waals surface area (Å²) in [5, 5.41) is 4.76. The summed E-state index contributed by atoms with van der Waals surface area (Å²) in [5.41, 5.74) is 9.88. The van der Waals surface area contributed by atoms with E-state index in [0.717, 1.165) is 24.0 Å². The Kier molecular flexibility index (Phi) is 9.42. The van der Waals surface area contributed by atoms with Crippen LogP contribution in [0, 0.1) is 0 Å². The summed E-state index contributed by atoms with van der Waals surface area (Å²) in [7, 11) is 0. The number of fused-ring (bicyclic) bond motifs is 5. The van der Waals surface area contributed by atoms with Gasteiger partial charge in [-0.05, 0) is 118 Å². The number of benzene rings is 6. The summed E-state index contributed by atoms with van der Waals surface area (Å²) in [4.78, 5) is 24.9. The molecule has 0 saturated carbocycles. The highest BCUT2D eigenvalue weighted by Gasteiger charge is 2.45. The fraction of sp³-hybridized carbons (Fsp3) is 0.191. The molecule has 51 heavy (non-hydrogen) atoms. The van der Waals surface area contributed by atoms with E-state index < -0.39 is 5.41 Å². The number of hydrogen-bond donors (Lipinski definition) is 0. The fourth-order valence-corrected chi connectivity index (χ4v) is 7.85. The molecular formula is C47H42O4. The van der Waals surface area contributed by atoms with Crippen molar-refractivity contribution in [3.05, 3.63) is 157 Å². The van der Waals surface area contributed by atoms with Crippen molar-refractivity contribution in [2.75, 3.05) is 13.2 Å². The van der Waals surface area contributed by atoms with E-state index in [-0.39, 0.29) is 25.2 Å². The molecule has 0 unspecified atom stereocenters. The van der Waals surface area contributed by atoms with Crippen molar-refractivity contribution in [1.82, 2.24) is 0 Å². The van der Waals surface area contributed by atoms with E-state index in [0.29, 0.717) is 24.0 Å². The van der Waals surface area contributed by atoms with Crippen LogP contribution in [0.5, 0.6) is 0 Å². The molecule has 0 bridgehead atoms. The van der Waals surface area contributed by atoms with Gasteiger partial charge in [0.15, 0.2) is 0 Å². The molecule has 254 valence electrons. The SMILES string of the molecule is C=C(C)C(=O)OCCCC1(CCCOC(=O)C(=C)C)c2c(-c3ccc4ccccc4c3)cccc2-c2cccc(-c3ccc4ccccc4c3)c21. The minimum Gasteiger partial charge on any atom is -0.462 e. The van der Waals surface area contributed by atoms with Crippen molar-refractivity contribution >= 4 is 33.5 Å². The van der Waals surface area contributed by atoms with Crippen LogP contribution in [0.4, 0.5) is 0 Å². The van der Waals surface area contributed by atoms with Crippen LogP contribution in [0.2, 0.25) is 0 Å². The van der Waals surface area contributed by atoms with Gasteiger partial charge in [-0.15, -0.1) is 0 Å². The van der Waals surface area contributed by atoms with Crippen LogP contribution in [-0.2, 0) is 24.5 Å². The molecule has 0 saturated heterocycles. The van der Waals surface area contributed by atoms with E-state index in [1.165, 1.54) is 54.9 Å². The van der Waals surface area contributed by atoms with E-state index in [9.17, 15) is 9.59 Å². The standard InChI is InChI=1S/C47H42O4/c1-31(2)45(48)50-27-11-25-47(26-12-28-51-46(49)32(3)4)43-39(37-23-21-33-13-5-7-15-35(33)29-37)17-9-19-41(43)42-20-10-18-40(44(42)47)38-24-22-34-14-6-8-16-36(34)30-38/h5-10,13-24,29-30H,1,3,11-12,25-28H2,2,4H3. The molecule has 4 heteroatoms. The Morgan fingerprint density at radius 2 is 0.902 bits per heavy atom. The molecule has 1 aliphatic carbocycles. The van der Waals surface area contributed by atoms with E-state index in [1.54, 1.807) is 13.8 Å². The summed E-state index contributed by atoms with van der Waals surface area (Å²) in [5.74, 6) is -0.756. The van der Waals surface area contributed by atoms with Gasteiger partial charge >= 0.3 is 11.9 Å². The van der Waals surface area contributed by atoms with Crippen LogP contribution in [0.25, 0.3) is 54.9 Å². The van der Waals surface area contributed by atoms with E-state index in [1.807, 2.05) is 0 Å². The van der Waals surface area contributed by atoms with Gasteiger partial charge in [-0.3, -0.25) is 0 Å². The van der Waals surface area contributed by atoms with Crippen LogP contribution in [0.3, 0.4) is 0 Å². The van der Waals surface area contributed by atoms with Gasteiger partial charge in [0.1, 0.15) is 0 Å². The summed E-state index contributed by atoms with van der Waals surface area (Å²) < 4.78 is 11.4. The Hall–Kier alpha value is -5.74. The van der Waals surface area contributed by atoms with Crippen LogP contribution in [0.15, 0.2) is 146 Å². The van der Waals surface area contributed by atoms with Crippen LogP contribution < -0.4 is 0 Å². The summed E-state index contributed by atoms with van der Waals surface area (Å²) >= 11 is 0. The predicted octanol–water partition coefficient (Wildman–Crippen LogP) is 11.4. The number of ether oxygens (including phenoxy) is 2. The van der Waals surface area contributed by atoms with Crippen LogP contribution in [-0.4, -0.2) is 25.2 Å². The summed E-state index contributed by atoms with van der Waals surface area (Å²) in [6.07, 6.45) is 2.73. The second kappa shape index (κ2) is 14.2. The van der Waals surface area contributed by atoms with Crippen LogP contribution in [0.1, 0.15) is 50.7 Å². The Balaban J connectivity index is 1.43. The lowest BCUT2D eigenvalue weighted by atomic mass is 9.67. The average Bonchev–Trinajstić information content (AvgIpc) is 3.44. The minimum absolute atomic E-state index is 0.277. The summed E-state index contributed by atoms with van der Waals surface area (Å²) in [6.45, 7) is 11.4. The Bertz CT molecular complexity index is 2160. The molecule has 0 atom stereocenters. The lowest BCUT2D eigenvalue weighted by Gasteiger charge is -2.36. The first-order chi connectivity index (χ1) is 24.8. The zero-order valence-corrected chi connectivity index (χ0v) is 29.3. The normalized spacial score (nSPS) is 12.7. The Labute approximate surface area is 300 Å². The fourth-order valence-electron chi connectivity index (χ4n) is 7.85. The van der Waals surface area contributed by atoms with Gasteiger partial charge in [-0.1, -0.05) is 122 Å². The molecule has 0 spiro atoms. The molecule has 0 heterocycles. The third-order valence-corrected chi connectivity index (χ3v) is 10.2. The highest BCUT2D eigenvalue weighted by molar-refractivity contribution is 5.96. The maximum Gasteiger partial charge on any atom is 0.333 e. The zero-order valence-electron chi connectivity index (χ0n) is 29.3. The molecule has 4 nitrogen and oxygen atoms in total. The molecule has 0 aromatic heterocycles. The number of hydrogen-bond acceptors (Lipinski definition) is 4. The maximum atomic E-state index is 12.5. The molecule has 0 fully saturated rings. The molecule has 0 N–H and O–H groups in total. The summed E-state index contributed by atoms with van der Waals surface area (Å²) in [6, 6.07) is 43.6. The maximum absolute atomic E-state index is 12.5. The van der Waals surface area contributed by atoms with Gasteiger partial charge < -0.3 is 9.47 Å². The number of esters is 2. The van der Waals surface area contributed by atoms with Gasteiger partial charge in [-0.25, -0.2) is 9.59 Å². The highest BCUT2D eigenvalue weighted by Crippen LogP contribution is 2.59. The number of rotatable bonds is 12. The number of carbonyl (C=O) groups excluding carboxylic acids is 2. The second-order valence-electron chi connectivity index (χ2n) is 13.7. The first-order valence-electron chi connectivity index (χ1n) is 17.7. The largest absolute Gasteiger partial charge is 0.462 e. The zero-order chi connectivity index (χ0) is 35.5. The highest BCUT2D eigenvalue weighted by atomic mass is 16.5. The second-order valence-corrected chi connectivity index (χ2v) is 13.7.